The van der Waals surface area contributed by atoms with Crippen LogP contribution in [0.3, 0.4) is 0 Å². The summed E-state index contributed by atoms with van der Waals surface area (Å²) in [4.78, 5) is 39.6. The number of benzene rings is 1. The maximum atomic E-state index is 13.1. The Morgan fingerprint density at radius 3 is 2.56 bits per heavy atom. The number of hydrogen-bond donors (Lipinski definition) is 1. The number of carbonyl (C=O) groups excluding carboxylic acids is 3. The summed E-state index contributed by atoms with van der Waals surface area (Å²) in [7, 11) is 1.54. The number of esters is 1. The van der Waals surface area contributed by atoms with Crippen molar-refractivity contribution in [3.8, 4) is 5.75 Å². The summed E-state index contributed by atoms with van der Waals surface area (Å²) in [6, 6.07) is 12.6. The number of hydrazone groups is 1. The maximum Gasteiger partial charge on any atom is 0.329 e. The van der Waals surface area contributed by atoms with Crippen LogP contribution in [0.5, 0.6) is 5.75 Å². The van der Waals surface area contributed by atoms with Crippen LogP contribution in [-0.4, -0.2) is 48.3 Å². The molecule has 1 aliphatic rings. The molecule has 9 nitrogen and oxygen atoms in total. The molecule has 0 spiro atoms. The van der Waals surface area contributed by atoms with Gasteiger partial charge in [-0.15, -0.1) is 11.3 Å². The van der Waals surface area contributed by atoms with E-state index in [0.717, 1.165) is 10.6 Å². The third-order valence-electron chi connectivity index (χ3n) is 5.74. The summed E-state index contributed by atoms with van der Waals surface area (Å²) in [6.45, 7) is 3.05. The fourth-order valence-electron chi connectivity index (χ4n) is 3.79. The van der Waals surface area contributed by atoms with Gasteiger partial charge in [-0.05, 0) is 53.8 Å². The number of carbonyl (C=O) groups is 3. The molecule has 3 aromatic rings. The number of rotatable bonds is 9. The van der Waals surface area contributed by atoms with Gasteiger partial charge >= 0.3 is 5.97 Å². The molecule has 0 unspecified atom stereocenters. The van der Waals surface area contributed by atoms with Crippen LogP contribution in [0, 0.1) is 5.92 Å². The molecule has 0 saturated heterocycles. The predicted octanol–water partition coefficient (Wildman–Crippen LogP) is 4.03. The largest absolute Gasteiger partial charge is 0.497 e. The number of thiophene rings is 1. The number of nitrogens with one attached hydrogen (secondary N) is 1. The zero-order valence-electron chi connectivity index (χ0n) is 20.2. The van der Waals surface area contributed by atoms with Gasteiger partial charge in [0.1, 0.15) is 23.6 Å². The molecule has 2 atom stereocenters. The molecule has 36 heavy (non-hydrogen) atoms. The Bertz CT molecular complexity index is 1220. The van der Waals surface area contributed by atoms with Gasteiger partial charge in [-0.3, -0.25) is 9.59 Å². The van der Waals surface area contributed by atoms with E-state index in [0.29, 0.717) is 23.5 Å². The van der Waals surface area contributed by atoms with Crippen LogP contribution in [0.25, 0.3) is 0 Å². The van der Waals surface area contributed by atoms with E-state index in [2.05, 4.69) is 10.4 Å². The smallest absolute Gasteiger partial charge is 0.329 e. The highest BCUT2D eigenvalue weighted by atomic mass is 32.1. The SMILES string of the molecule is COc1ccc(C(=O)N[C@H](C(=O)OCC(=O)N2N=C(c3cccs3)C[C@@H]2c2ccco2)C(C)C)cc1. The van der Waals surface area contributed by atoms with Crippen molar-refractivity contribution < 1.29 is 28.3 Å². The topological polar surface area (TPSA) is 110 Å². The van der Waals surface area contributed by atoms with Crippen LogP contribution >= 0.6 is 11.3 Å². The molecule has 1 aliphatic heterocycles. The van der Waals surface area contributed by atoms with Crippen molar-refractivity contribution in [1.82, 2.24) is 10.3 Å². The number of furan rings is 1. The van der Waals surface area contributed by atoms with Gasteiger partial charge in [0.25, 0.3) is 11.8 Å². The summed E-state index contributed by atoms with van der Waals surface area (Å²) < 4.78 is 16.0. The third-order valence-corrected chi connectivity index (χ3v) is 6.66. The van der Waals surface area contributed by atoms with Crippen LogP contribution in [0.2, 0.25) is 0 Å². The summed E-state index contributed by atoms with van der Waals surface area (Å²) in [5, 5.41) is 10.5. The quantitative estimate of drug-likeness (QED) is 0.436. The van der Waals surface area contributed by atoms with Crippen molar-refractivity contribution in [2.24, 2.45) is 11.0 Å². The van der Waals surface area contributed by atoms with Crippen molar-refractivity contribution in [2.45, 2.75) is 32.4 Å². The maximum absolute atomic E-state index is 13.1. The van der Waals surface area contributed by atoms with Crippen molar-refractivity contribution in [1.29, 1.82) is 0 Å². The van der Waals surface area contributed by atoms with E-state index < -0.39 is 36.5 Å². The third kappa shape index (κ3) is 5.65. The Kier molecular flexibility index (Phi) is 7.84. The van der Waals surface area contributed by atoms with Crippen molar-refractivity contribution in [2.75, 3.05) is 13.7 Å². The Hall–Kier alpha value is -3.92. The molecule has 0 fully saturated rings. The highest BCUT2D eigenvalue weighted by Gasteiger charge is 2.36. The average molecular weight is 510 g/mol. The number of methoxy groups -OCH3 is 1. The fraction of sp³-hybridized carbons (Fsp3) is 0.308. The molecule has 0 saturated carbocycles. The first-order chi connectivity index (χ1) is 17.4. The van der Waals surface area contributed by atoms with Crippen LogP contribution in [-0.2, 0) is 14.3 Å². The normalized spacial score (nSPS) is 15.9. The number of hydrogen-bond acceptors (Lipinski definition) is 8. The summed E-state index contributed by atoms with van der Waals surface area (Å²) in [5.41, 5.74) is 1.14. The summed E-state index contributed by atoms with van der Waals surface area (Å²) in [6.07, 6.45) is 2.03. The van der Waals surface area contributed by atoms with E-state index in [9.17, 15) is 14.4 Å². The number of ether oxygens (including phenoxy) is 2. The predicted molar refractivity (Wildman–Crippen MR) is 134 cm³/mol. The van der Waals surface area contributed by atoms with Crippen LogP contribution in [0.1, 0.15) is 47.3 Å². The molecule has 3 heterocycles. The van der Waals surface area contributed by atoms with E-state index in [4.69, 9.17) is 13.9 Å². The molecule has 10 heteroatoms. The summed E-state index contributed by atoms with van der Waals surface area (Å²) in [5.74, 6) is -0.666. The van der Waals surface area contributed by atoms with Gasteiger partial charge in [0.2, 0.25) is 0 Å². The highest BCUT2D eigenvalue weighted by molar-refractivity contribution is 7.12. The summed E-state index contributed by atoms with van der Waals surface area (Å²) >= 11 is 1.53. The minimum atomic E-state index is -0.933. The van der Waals surface area contributed by atoms with Gasteiger partial charge in [0, 0.05) is 12.0 Å². The first kappa shape index (κ1) is 25.2. The van der Waals surface area contributed by atoms with Crippen LogP contribution in [0.15, 0.2) is 69.7 Å². The van der Waals surface area contributed by atoms with E-state index in [1.165, 1.54) is 23.5 Å². The molecule has 0 aliphatic carbocycles. The minimum absolute atomic E-state index is 0.263. The molecule has 2 amide bonds. The number of amides is 2. The van der Waals surface area contributed by atoms with E-state index >= 15 is 0 Å². The molecule has 0 radical (unpaired) electrons. The van der Waals surface area contributed by atoms with Crippen molar-refractivity contribution in [3.05, 3.63) is 76.4 Å². The second-order valence-corrected chi connectivity index (χ2v) is 9.48. The fourth-order valence-corrected chi connectivity index (χ4v) is 4.51. The first-order valence-corrected chi connectivity index (χ1v) is 12.3. The monoisotopic (exact) mass is 509 g/mol. The second kappa shape index (κ2) is 11.2. The lowest BCUT2D eigenvalue weighted by atomic mass is 10.0. The van der Waals surface area contributed by atoms with Crippen LogP contribution in [0.4, 0.5) is 0 Å². The van der Waals surface area contributed by atoms with Gasteiger partial charge < -0.3 is 19.2 Å². The van der Waals surface area contributed by atoms with Gasteiger partial charge in [0.05, 0.1) is 24.0 Å². The average Bonchev–Trinajstić information content (AvgIpc) is 3.66. The van der Waals surface area contributed by atoms with Crippen molar-refractivity contribution in [3.63, 3.8) is 0 Å². The Balaban J connectivity index is 1.41. The van der Waals surface area contributed by atoms with Gasteiger partial charge in [-0.25, -0.2) is 9.80 Å². The molecule has 1 aromatic carbocycles. The van der Waals surface area contributed by atoms with Gasteiger partial charge in [-0.2, -0.15) is 5.10 Å². The van der Waals surface area contributed by atoms with Gasteiger partial charge in [-0.1, -0.05) is 19.9 Å². The zero-order chi connectivity index (χ0) is 25.7. The first-order valence-electron chi connectivity index (χ1n) is 11.5. The molecule has 2 aromatic heterocycles. The lowest BCUT2D eigenvalue weighted by molar-refractivity contribution is -0.155. The second-order valence-electron chi connectivity index (χ2n) is 8.53. The molecular formula is C26H27N3O6S. The molecule has 0 bridgehead atoms. The highest BCUT2D eigenvalue weighted by Crippen LogP contribution is 2.34. The van der Waals surface area contributed by atoms with E-state index in [-0.39, 0.29) is 5.92 Å². The van der Waals surface area contributed by atoms with Crippen LogP contribution < -0.4 is 10.1 Å². The Labute approximate surface area is 212 Å². The molecule has 1 N–H and O–H groups in total. The van der Waals surface area contributed by atoms with Gasteiger partial charge in [0.15, 0.2) is 6.61 Å². The minimum Gasteiger partial charge on any atom is -0.497 e. The van der Waals surface area contributed by atoms with E-state index in [1.54, 1.807) is 56.5 Å². The standard InChI is InChI=1S/C26H27N3O6S/c1-16(2)24(27-25(31)17-8-10-18(33-3)11-9-17)26(32)35-15-23(30)29-20(21-6-4-12-34-21)14-19(28-29)22-7-5-13-36-22/h4-13,16,20,24H,14-15H2,1-3H3,(H,27,31)/t20-,24+/m1/s1. The lowest BCUT2D eigenvalue weighted by Gasteiger charge is -2.23. The zero-order valence-corrected chi connectivity index (χ0v) is 21.0. The number of nitrogens with zero attached hydrogens (tertiary/aromatic N) is 2. The molecule has 4 rings (SSSR count). The van der Waals surface area contributed by atoms with E-state index in [1.807, 2.05) is 17.5 Å². The Morgan fingerprint density at radius 2 is 1.94 bits per heavy atom. The molecule has 188 valence electrons. The van der Waals surface area contributed by atoms with Crippen molar-refractivity contribution >= 4 is 34.8 Å². The lowest BCUT2D eigenvalue weighted by Crippen LogP contribution is -2.46. The molecular weight excluding hydrogens is 482 g/mol. The Morgan fingerprint density at radius 1 is 1.17 bits per heavy atom.